The van der Waals surface area contributed by atoms with Crippen LogP contribution in [-0.2, 0) is 5.33 Å². The molecule has 0 unspecified atom stereocenters. The van der Waals surface area contributed by atoms with Gasteiger partial charge in [0.15, 0.2) is 0 Å². The molecule has 0 saturated carbocycles. The molecule has 0 spiro atoms. The molecule has 1 aromatic carbocycles. The molecule has 0 fully saturated rings. The zero-order valence-electron chi connectivity index (χ0n) is 8.70. The van der Waals surface area contributed by atoms with Crippen LogP contribution in [0.5, 0.6) is 6.08 Å². The molecule has 0 bridgehead atoms. The maximum absolute atomic E-state index is 11.6. The van der Waals surface area contributed by atoms with E-state index >= 15 is 0 Å². The highest BCUT2D eigenvalue weighted by Crippen LogP contribution is 2.16. The molecule has 1 heterocycles. The van der Waals surface area contributed by atoms with E-state index in [0.717, 1.165) is 10.9 Å². The lowest BCUT2D eigenvalue weighted by atomic mass is 10.2. The summed E-state index contributed by atoms with van der Waals surface area (Å²) in [4.78, 5) is 15.7. The number of hydrogen-bond donors (Lipinski definition) is 0. The quantitative estimate of drug-likeness (QED) is 0.812. The Hall–Kier alpha value is -1.36. The van der Waals surface area contributed by atoms with Crippen LogP contribution in [0.25, 0.3) is 10.9 Å². The van der Waals surface area contributed by atoms with Gasteiger partial charge >= 0.3 is 11.7 Å². The molecule has 1 aromatic heterocycles. The second-order valence-electron chi connectivity index (χ2n) is 3.19. The Balaban J connectivity index is 2.63. The molecule has 2 rings (SSSR count). The number of ether oxygens (including phenoxy) is 1. The van der Waals surface area contributed by atoms with Crippen LogP contribution in [0.4, 0.5) is 0 Å². The van der Waals surface area contributed by atoms with Gasteiger partial charge in [0.25, 0.3) is 0 Å². The van der Waals surface area contributed by atoms with Crippen LogP contribution in [0.2, 0.25) is 0 Å². The lowest BCUT2D eigenvalue weighted by Crippen LogP contribution is -2.05. The molecular weight excluding hydrogens is 274 g/mol. The molecule has 84 valence electrons. The van der Waals surface area contributed by atoms with Crippen molar-refractivity contribution in [1.82, 2.24) is 4.98 Å². The van der Waals surface area contributed by atoms with Gasteiger partial charge in [-0.3, -0.25) is 0 Å². The average Bonchev–Trinajstić information content (AvgIpc) is 2.28. The molecule has 0 saturated heterocycles. The largest absolute Gasteiger partial charge is 0.450 e. The Labute approximate surface area is 100 Å². The van der Waals surface area contributed by atoms with Crippen LogP contribution in [0.3, 0.4) is 0 Å². The normalized spacial score (nSPS) is 10.6. The third-order valence-electron chi connectivity index (χ3n) is 2.10. The lowest BCUT2D eigenvalue weighted by molar-refractivity contribution is 0.229. The highest BCUT2D eigenvalue weighted by atomic mass is 79.9. The van der Waals surface area contributed by atoms with Gasteiger partial charge in [-0.2, -0.15) is 4.98 Å². The summed E-state index contributed by atoms with van der Waals surface area (Å²) in [7, 11) is 0. The van der Waals surface area contributed by atoms with E-state index in [1.54, 1.807) is 13.0 Å². The fourth-order valence-electron chi connectivity index (χ4n) is 1.37. The third-order valence-corrected chi connectivity index (χ3v) is 2.74. The zero-order valence-corrected chi connectivity index (χ0v) is 10.3. The second-order valence-corrected chi connectivity index (χ2v) is 3.75. The van der Waals surface area contributed by atoms with E-state index in [2.05, 4.69) is 20.9 Å². The van der Waals surface area contributed by atoms with Gasteiger partial charge in [0, 0.05) is 5.33 Å². The number of rotatable bonds is 3. The summed E-state index contributed by atoms with van der Waals surface area (Å²) in [6.07, 6.45) is 0.0201. The van der Waals surface area contributed by atoms with Crippen molar-refractivity contribution in [2.24, 2.45) is 0 Å². The fourth-order valence-corrected chi connectivity index (χ4v) is 1.71. The maximum atomic E-state index is 11.6. The first-order valence-electron chi connectivity index (χ1n) is 4.87. The molecule has 16 heavy (non-hydrogen) atoms. The number of hydrogen-bond acceptors (Lipinski definition) is 4. The summed E-state index contributed by atoms with van der Waals surface area (Å²) < 4.78 is 9.98. The molecule has 5 heteroatoms. The molecule has 2 aromatic rings. The molecule has 0 radical (unpaired) electrons. The monoisotopic (exact) mass is 283 g/mol. The molecule has 0 aliphatic rings. The summed E-state index contributed by atoms with van der Waals surface area (Å²) >= 11 is 3.35. The third kappa shape index (κ3) is 2.09. The van der Waals surface area contributed by atoms with E-state index in [-0.39, 0.29) is 6.08 Å². The highest BCUT2D eigenvalue weighted by molar-refractivity contribution is 9.08. The smallest absolute Gasteiger partial charge is 0.397 e. The van der Waals surface area contributed by atoms with Crippen LogP contribution in [0.1, 0.15) is 12.5 Å². The number of halogens is 1. The van der Waals surface area contributed by atoms with Gasteiger partial charge in [-0.25, -0.2) is 4.79 Å². The van der Waals surface area contributed by atoms with Crippen molar-refractivity contribution in [1.29, 1.82) is 0 Å². The molecule has 0 aliphatic heterocycles. The van der Waals surface area contributed by atoms with Crippen molar-refractivity contribution in [3.05, 3.63) is 34.2 Å². The number of nitrogens with zero attached hydrogens (tertiary/aromatic N) is 1. The molecule has 0 atom stereocenters. The predicted octanol–water partition coefficient (Wildman–Crippen LogP) is 2.48. The van der Waals surface area contributed by atoms with E-state index < -0.39 is 5.63 Å². The fraction of sp³-hybridized carbons (Fsp3) is 0.273. The Bertz CT molecular complexity index is 565. The average molecular weight is 284 g/mol. The van der Waals surface area contributed by atoms with Gasteiger partial charge in [-0.15, -0.1) is 0 Å². The molecule has 4 nitrogen and oxygen atoms in total. The second kappa shape index (κ2) is 4.65. The van der Waals surface area contributed by atoms with Crippen molar-refractivity contribution < 1.29 is 9.15 Å². The van der Waals surface area contributed by atoms with Gasteiger partial charge in [-0.1, -0.05) is 22.0 Å². The predicted molar refractivity (Wildman–Crippen MR) is 64.1 cm³/mol. The summed E-state index contributed by atoms with van der Waals surface area (Å²) in [5, 5.41) is 1.18. The highest BCUT2D eigenvalue weighted by Gasteiger charge is 2.07. The van der Waals surface area contributed by atoms with Crippen molar-refractivity contribution in [2.75, 3.05) is 6.61 Å². The van der Waals surface area contributed by atoms with Crippen molar-refractivity contribution >= 4 is 26.8 Å². The first-order chi connectivity index (χ1) is 7.74. The molecule has 0 amide bonds. The molecule has 0 aliphatic carbocycles. The minimum atomic E-state index is -0.422. The maximum Gasteiger partial charge on any atom is 0.397 e. The van der Waals surface area contributed by atoms with Crippen LogP contribution >= 0.6 is 15.9 Å². The van der Waals surface area contributed by atoms with E-state index in [1.165, 1.54) is 0 Å². The van der Waals surface area contributed by atoms with Crippen molar-refractivity contribution in [3.8, 4) is 6.08 Å². The number of aromatic nitrogens is 1. The van der Waals surface area contributed by atoms with Gasteiger partial charge in [0.05, 0.1) is 17.5 Å². The van der Waals surface area contributed by atoms with Crippen molar-refractivity contribution in [3.63, 3.8) is 0 Å². The van der Waals surface area contributed by atoms with E-state index in [1.807, 2.05) is 12.1 Å². The summed E-state index contributed by atoms with van der Waals surface area (Å²) in [5.74, 6) is 0. The van der Waals surface area contributed by atoms with Crippen LogP contribution in [-0.4, -0.2) is 11.6 Å². The first kappa shape index (κ1) is 11.1. The van der Waals surface area contributed by atoms with Crippen LogP contribution < -0.4 is 10.4 Å². The Morgan fingerprint density at radius 2 is 2.31 bits per heavy atom. The number of benzene rings is 1. The minimum absolute atomic E-state index is 0.0201. The summed E-state index contributed by atoms with van der Waals surface area (Å²) in [6, 6.07) is 5.40. The van der Waals surface area contributed by atoms with Gasteiger partial charge in [0.1, 0.15) is 0 Å². The Kier molecular flexibility index (Phi) is 3.24. The zero-order chi connectivity index (χ0) is 11.5. The standard InChI is InChI=1S/C11H10BrNO3/c1-2-15-11-13-9-5-7(6-12)3-4-8(9)10(14)16-11/h3-5H,2,6H2,1H3. The SMILES string of the molecule is CCOc1nc2cc(CBr)ccc2c(=O)o1. The topological polar surface area (TPSA) is 52.3 Å². The first-order valence-corrected chi connectivity index (χ1v) is 5.99. The van der Waals surface area contributed by atoms with E-state index in [9.17, 15) is 4.79 Å². The number of alkyl halides is 1. The van der Waals surface area contributed by atoms with Crippen LogP contribution in [0, 0.1) is 0 Å². The van der Waals surface area contributed by atoms with Crippen molar-refractivity contribution in [2.45, 2.75) is 12.3 Å². The minimum Gasteiger partial charge on any atom is -0.450 e. The Morgan fingerprint density at radius 3 is 3.00 bits per heavy atom. The number of fused-ring (bicyclic) bond motifs is 1. The summed E-state index contributed by atoms with van der Waals surface area (Å²) in [5.41, 5.74) is 1.22. The van der Waals surface area contributed by atoms with Crippen LogP contribution in [0.15, 0.2) is 27.4 Å². The lowest BCUT2D eigenvalue weighted by Gasteiger charge is -2.02. The van der Waals surface area contributed by atoms with Gasteiger partial charge in [-0.05, 0) is 24.6 Å². The summed E-state index contributed by atoms with van der Waals surface area (Å²) in [6.45, 7) is 2.22. The van der Waals surface area contributed by atoms with Gasteiger partial charge < -0.3 is 9.15 Å². The van der Waals surface area contributed by atoms with E-state index in [0.29, 0.717) is 17.5 Å². The molecular formula is C11H10BrNO3. The molecule has 0 N–H and O–H groups in total. The van der Waals surface area contributed by atoms with Gasteiger partial charge in [0.2, 0.25) is 0 Å². The van der Waals surface area contributed by atoms with E-state index in [4.69, 9.17) is 9.15 Å². The Morgan fingerprint density at radius 1 is 1.50 bits per heavy atom.